The summed E-state index contributed by atoms with van der Waals surface area (Å²) in [6, 6.07) is 8.58. The first-order valence-electron chi connectivity index (χ1n) is 13.5. The number of amides is 1. The topological polar surface area (TPSA) is 81.9 Å². The molecule has 2 heterocycles. The quantitative estimate of drug-likeness (QED) is 0.326. The van der Waals surface area contributed by atoms with Crippen LogP contribution in [-0.2, 0) is 9.53 Å². The van der Waals surface area contributed by atoms with Crippen molar-refractivity contribution in [3.63, 3.8) is 0 Å². The van der Waals surface area contributed by atoms with Gasteiger partial charge in [-0.1, -0.05) is 18.2 Å². The van der Waals surface area contributed by atoms with Crippen LogP contribution in [0.4, 0.5) is 5.69 Å². The number of fused-ring (bicyclic) bond motifs is 1. The van der Waals surface area contributed by atoms with E-state index in [0.29, 0.717) is 23.9 Å². The molecule has 2 aliphatic rings. The number of nitrogens with one attached hydrogen (secondary N) is 1. The molecule has 0 aromatic heterocycles. The number of likely N-dealkylation sites (tertiary alicyclic amines) is 1. The third kappa shape index (κ3) is 8.33. The Bertz CT molecular complexity index is 1030. The Morgan fingerprint density at radius 1 is 1.19 bits per heavy atom. The Labute approximate surface area is 222 Å². The second-order valence-corrected chi connectivity index (χ2v) is 10.3. The van der Waals surface area contributed by atoms with Crippen LogP contribution in [-0.4, -0.2) is 74.5 Å². The largest absolute Gasteiger partial charge is 0.385 e. The van der Waals surface area contributed by atoms with Gasteiger partial charge in [0.05, 0.1) is 5.70 Å². The summed E-state index contributed by atoms with van der Waals surface area (Å²) in [4.78, 5) is 31.4. The molecule has 1 N–H and O–H groups in total. The molecule has 1 fully saturated rings. The number of carbonyl (C=O) groups excluding carboxylic acids is 1. The van der Waals surface area contributed by atoms with Crippen molar-refractivity contribution < 1.29 is 9.53 Å². The lowest BCUT2D eigenvalue weighted by molar-refractivity contribution is -0.115. The number of rotatable bonds is 12. The average molecular weight is 509 g/mol. The molecule has 1 saturated heterocycles. The van der Waals surface area contributed by atoms with Crippen LogP contribution in [0.1, 0.15) is 71.8 Å². The van der Waals surface area contributed by atoms with E-state index < -0.39 is 0 Å². The molecule has 0 aliphatic carbocycles. The minimum Gasteiger partial charge on any atom is -0.385 e. The highest BCUT2D eigenvalue weighted by atomic mass is 16.5. The fourth-order valence-electron chi connectivity index (χ4n) is 4.89. The van der Waals surface area contributed by atoms with Crippen LogP contribution in [0.5, 0.6) is 0 Å². The molecule has 0 saturated carbocycles. The van der Waals surface area contributed by atoms with E-state index in [1.165, 1.54) is 31.5 Å². The van der Waals surface area contributed by atoms with E-state index in [-0.39, 0.29) is 11.9 Å². The molecular formula is C29H44N6O2. The number of nitrogens with zero attached hydrogens (tertiary/aromatic N) is 5. The van der Waals surface area contributed by atoms with Gasteiger partial charge in [0.1, 0.15) is 12.1 Å². The predicted molar refractivity (Wildman–Crippen MR) is 154 cm³/mol. The fraction of sp³-hybridized carbons (Fsp3) is 0.586. The molecule has 0 radical (unpaired) electrons. The van der Waals surface area contributed by atoms with Crippen LogP contribution in [0.3, 0.4) is 0 Å². The second-order valence-electron chi connectivity index (χ2n) is 10.3. The van der Waals surface area contributed by atoms with Crippen molar-refractivity contribution >= 4 is 29.4 Å². The first-order valence-corrected chi connectivity index (χ1v) is 13.5. The van der Waals surface area contributed by atoms with Crippen LogP contribution in [0.15, 0.2) is 50.8 Å². The Morgan fingerprint density at radius 3 is 2.62 bits per heavy atom. The molecule has 0 spiro atoms. The summed E-state index contributed by atoms with van der Waals surface area (Å²) in [6.45, 7) is 14.5. The number of hydrogen-bond donors (Lipinski definition) is 1. The molecule has 37 heavy (non-hydrogen) atoms. The highest BCUT2D eigenvalue weighted by molar-refractivity contribution is 6.38. The summed E-state index contributed by atoms with van der Waals surface area (Å²) in [6.07, 6.45) is 6.06. The first kappa shape index (κ1) is 28.7. The molecular weight excluding hydrogens is 464 g/mol. The number of carbonyl (C=O) groups is 1. The van der Waals surface area contributed by atoms with E-state index in [1.54, 1.807) is 20.4 Å². The summed E-state index contributed by atoms with van der Waals surface area (Å²) < 4.78 is 5.12. The highest BCUT2D eigenvalue weighted by Crippen LogP contribution is 2.41. The number of ether oxygens (including phenoxy) is 1. The second kappa shape index (κ2) is 14.2. The minimum atomic E-state index is -0.181. The van der Waals surface area contributed by atoms with Crippen molar-refractivity contribution in [2.24, 2.45) is 15.0 Å². The predicted octanol–water partition coefficient (Wildman–Crippen LogP) is 4.78. The summed E-state index contributed by atoms with van der Waals surface area (Å²) in [5, 5.41) is 3.00. The highest BCUT2D eigenvalue weighted by Gasteiger charge is 2.31. The molecule has 8 nitrogen and oxygen atoms in total. The van der Waals surface area contributed by atoms with E-state index >= 15 is 0 Å². The van der Waals surface area contributed by atoms with Gasteiger partial charge in [0.15, 0.2) is 5.82 Å². The summed E-state index contributed by atoms with van der Waals surface area (Å²) >= 11 is 0. The summed E-state index contributed by atoms with van der Waals surface area (Å²) in [5.41, 5.74) is 4.52. The zero-order chi connectivity index (χ0) is 26.8. The Kier molecular flexibility index (Phi) is 11.0. The number of allylic oxidation sites excluding steroid dienone is 1. The lowest BCUT2D eigenvalue weighted by atomic mass is 9.98. The number of aliphatic imine (C=N–C) groups is 3. The standard InChI is InChI=1S/C29H44N6O2/c1-21(2)30-20-31-28(23(4)33-24(5)29(36)32-22(3)14-18-37-6)35-19-25(13-17-34-15-9-10-16-34)26-11-7-8-12-27(26)35/h7-8,11-12,20,22,25H,9-10,13-19H2,1-6H3,(H,32,36)/b28-23-,31-20-,33-24?. The Morgan fingerprint density at radius 2 is 1.92 bits per heavy atom. The van der Waals surface area contributed by atoms with Crippen molar-refractivity contribution in [3.8, 4) is 0 Å². The van der Waals surface area contributed by atoms with Crippen molar-refractivity contribution in [2.75, 3.05) is 44.8 Å². The van der Waals surface area contributed by atoms with Crippen molar-refractivity contribution in [1.82, 2.24) is 10.2 Å². The minimum absolute atomic E-state index is 0.00284. The van der Waals surface area contributed by atoms with Gasteiger partial charge in [-0.05, 0) is 91.6 Å². The van der Waals surface area contributed by atoms with Gasteiger partial charge in [0, 0.05) is 43.6 Å². The van der Waals surface area contributed by atoms with E-state index in [2.05, 4.69) is 44.4 Å². The maximum atomic E-state index is 12.8. The first-order chi connectivity index (χ1) is 17.8. The maximum absolute atomic E-state index is 12.8. The van der Waals surface area contributed by atoms with Gasteiger partial charge in [0.2, 0.25) is 0 Å². The average Bonchev–Trinajstić information content (AvgIpc) is 3.52. The molecule has 2 unspecified atom stereocenters. The van der Waals surface area contributed by atoms with Crippen molar-refractivity contribution in [2.45, 2.75) is 72.3 Å². The van der Waals surface area contributed by atoms with E-state index in [1.807, 2.05) is 27.7 Å². The zero-order valence-corrected chi connectivity index (χ0v) is 23.5. The van der Waals surface area contributed by atoms with E-state index in [0.717, 1.165) is 43.2 Å². The number of methoxy groups -OCH3 is 1. The van der Waals surface area contributed by atoms with Crippen LogP contribution >= 0.6 is 0 Å². The van der Waals surface area contributed by atoms with Crippen molar-refractivity contribution in [3.05, 3.63) is 41.3 Å². The third-order valence-corrected chi connectivity index (χ3v) is 6.93. The van der Waals surface area contributed by atoms with Crippen molar-refractivity contribution in [1.29, 1.82) is 0 Å². The third-order valence-electron chi connectivity index (χ3n) is 6.93. The molecule has 0 bridgehead atoms. The van der Waals surface area contributed by atoms with Gasteiger partial charge in [-0.25, -0.2) is 15.0 Å². The van der Waals surface area contributed by atoms with Crippen LogP contribution in [0, 0.1) is 0 Å². The molecule has 8 heteroatoms. The normalized spacial score (nSPS) is 19.7. The Hall–Kier alpha value is -2.84. The van der Waals surface area contributed by atoms with E-state index in [9.17, 15) is 4.79 Å². The molecule has 2 atom stereocenters. The van der Waals surface area contributed by atoms with E-state index in [4.69, 9.17) is 14.7 Å². The van der Waals surface area contributed by atoms with Crippen LogP contribution in [0.2, 0.25) is 0 Å². The van der Waals surface area contributed by atoms with Gasteiger partial charge in [0.25, 0.3) is 5.91 Å². The van der Waals surface area contributed by atoms with Gasteiger partial charge in [-0.2, -0.15) is 0 Å². The lowest BCUT2D eigenvalue weighted by Crippen LogP contribution is -2.37. The van der Waals surface area contributed by atoms with Gasteiger partial charge < -0.3 is 19.9 Å². The summed E-state index contributed by atoms with van der Waals surface area (Å²) in [7, 11) is 1.66. The SMILES string of the molecule is COCCC(C)NC(=O)C(C)=N/C(C)=C(/N=C\N=C(C)C)N1CC(CCN2CCCC2)c2ccccc21. The molecule has 3 rings (SSSR count). The van der Waals surface area contributed by atoms with Gasteiger partial charge in [-0.3, -0.25) is 4.79 Å². The molecule has 1 aromatic carbocycles. The lowest BCUT2D eigenvalue weighted by Gasteiger charge is -2.22. The number of para-hydroxylation sites is 1. The number of benzene rings is 1. The monoisotopic (exact) mass is 508 g/mol. The molecule has 202 valence electrons. The smallest absolute Gasteiger partial charge is 0.265 e. The zero-order valence-electron chi connectivity index (χ0n) is 23.5. The fourth-order valence-corrected chi connectivity index (χ4v) is 4.89. The van der Waals surface area contributed by atoms with Gasteiger partial charge >= 0.3 is 0 Å². The molecule has 1 aromatic rings. The maximum Gasteiger partial charge on any atom is 0.265 e. The van der Waals surface area contributed by atoms with Gasteiger partial charge in [-0.15, -0.1) is 0 Å². The molecule has 1 amide bonds. The number of anilines is 1. The molecule has 2 aliphatic heterocycles. The Balaban J connectivity index is 1.87. The number of hydrogen-bond acceptors (Lipinski definition) is 6. The summed E-state index contributed by atoms with van der Waals surface area (Å²) in [5.74, 6) is 0.959. The van der Waals surface area contributed by atoms with Crippen LogP contribution < -0.4 is 10.2 Å². The van der Waals surface area contributed by atoms with Crippen LogP contribution in [0.25, 0.3) is 0 Å².